The van der Waals surface area contributed by atoms with Crippen molar-refractivity contribution in [1.29, 1.82) is 0 Å². The maximum absolute atomic E-state index is 14.8. The molecule has 5 fully saturated rings. The van der Waals surface area contributed by atoms with Gasteiger partial charge in [-0.3, -0.25) is 19.1 Å². The van der Waals surface area contributed by atoms with Crippen molar-refractivity contribution < 1.29 is 37.1 Å². The molecule has 5 atom stereocenters. The van der Waals surface area contributed by atoms with E-state index in [4.69, 9.17) is 14.5 Å². The third-order valence-corrected chi connectivity index (χ3v) is 14.0. The molecular weight excluding hydrogens is 723 g/mol. The molecule has 1 saturated heterocycles. The molecule has 4 amide bonds. The second-order valence-electron chi connectivity index (χ2n) is 16.2. The van der Waals surface area contributed by atoms with Crippen LogP contribution in [0.1, 0.15) is 109 Å². The van der Waals surface area contributed by atoms with Crippen LogP contribution in [-0.2, 0) is 35.6 Å². The summed E-state index contributed by atoms with van der Waals surface area (Å²) in [5.74, 6) is -1.85. The molecule has 0 spiro atoms. The summed E-state index contributed by atoms with van der Waals surface area (Å²) in [6.45, 7) is 6.01. The van der Waals surface area contributed by atoms with Crippen LogP contribution in [0.15, 0.2) is 43.0 Å². The summed E-state index contributed by atoms with van der Waals surface area (Å²) in [4.78, 5) is 62.5. The number of carbonyl (C=O) groups excluding carboxylic acids is 4. The van der Waals surface area contributed by atoms with Gasteiger partial charge in [0, 0.05) is 17.7 Å². The molecule has 3 N–H and O–H groups in total. The number of nitrogens with one attached hydrogen (secondary N) is 3. The highest BCUT2D eigenvalue weighted by atomic mass is 32.2. The van der Waals surface area contributed by atoms with Gasteiger partial charge in [-0.05, 0) is 88.7 Å². The number of benzene rings is 1. The first kappa shape index (κ1) is 39.1. The van der Waals surface area contributed by atoms with Crippen LogP contribution in [0.25, 0.3) is 10.9 Å². The average Bonchev–Trinajstić information content (AvgIpc) is 3.92. The summed E-state index contributed by atoms with van der Waals surface area (Å²) >= 11 is 0. The number of pyridine rings is 1. The molecule has 1 aromatic heterocycles. The number of likely N-dealkylation sites (tertiary alicyclic amines) is 1. The molecule has 55 heavy (non-hydrogen) atoms. The predicted molar refractivity (Wildman–Crippen MR) is 206 cm³/mol. The van der Waals surface area contributed by atoms with Gasteiger partial charge in [0.25, 0.3) is 5.91 Å². The number of sulfonamides is 1. The number of para-hydroxylation sites is 1. The van der Waals surface area contributed by atoms with E-state index in [-0.39, 0.29) is 31.4 Å². The monoisotopic (exact) mass is 777 g/mol. The van der Waals surface area contributed by atoms with Gasteiger partial charge < -0.3 is 25.0 Å². The second kappa shape index (κ2) is 16.5. The minimum absolute atomic E-state index is 0.0564. The van der Waals surface area contributed by atoms with Crippen molar-refractivity contribution in [3.63, 3.8) is 0 Å². The number of alkyl carbamates (subject to hydrolysis) is 1. The SMILES string of the molecule is C=C[C@@H]1C[C@]1(NC(=O)[C@@H]1C[C@@H](Oc2cc3ccccc3nc2CCCCC)CN1C(=O)[C@@H](NC(=O)OC1CCCC1)C1CCCC1)C(=O)NS(=O)(=O)C1CC1. The van der Waals surface area contributed by atoms with Gasteiger partial charge in [-0.25, -0.2) is 18.2 Å². The Morgan fingerprint density at radius 1 is 1.02 bits per heavy atom. The van der Waals surface area contributed by atoms with Gasteiger partial charge in [-0.15, -0.1) is 6.58 Å². The summed E-state index contributed by atoms with van der Waals surface area (Å²) in [5, 5.41) is 6.05. The van der Waals surface area contributed by atoms with Crippen molar-refractivity contribution in [2.75, 3.05) is 6.54 Å². The van der Waals surface area contributed by atoms with E-state index in [2.05, 4.69) is 28.9 Å². The standard InChI is InChI=1S/C41H55N5O8S/c1-3-5-6-19-33-35(22-27-15-9-12-18-32(27)42-33)53-30-23-34(37(47)44-41(24-28(41)4-2)39(49)45-55(51,52)31-20-21-31)46(25-30)38(48)36(26-13-7-8-14-26)43-40(50)54-29-16-10-11-17-29/h4,9,12,15,18,22,26,28-31,34,36H,2-3,5-8,10-11,13-14,16-17,19-21,23-25H2,1H3,(H,43,50)(H,44,47)(H,45,49)/t28-,30-,34+,36+,41-/m1/s1. The van der Waals surface area contributed by atoms with Crippen LogP contribution in [0.5, 0.6) is 5.75 Å². The molecule has 0 bridgehead atoms. The van der Waals surface area contributed by atoms with Crippen LogP contribution in [0.2, 0.25) is 0 Å². The minimum Gasteiger partial charge on any atom is -0.487 e. The van der Waals surface area contributed by atoms with Crippen molar-refractivity contribution in [3.8, 4) is 5.75 Å². The molecule has 14 heteroatoms. The second-order valence-corrected chi connectivity index (χ2v) is 18.2. The van der Waals surface area contributed by atoms with Gasteiger partial charge in [0.05, 0.1) is 23.0 Å². The van der Waals surface area contributed by atoms with Gasteiger partial charge in [0.15, 0.2) is 0 Å². The lowest BCUT2D eigenvalue weighted by atomic mass is 9.96. The Balaban J connectivity index is 1.16. The number of amides is 4. The number of hydrogen-bond acceptors (Lipinski definition) is 9. The summed E-state index contributed by atoms with van der Waals surface area (Å²) in [6.07, 6.45) is 11.9. The Hall–Kier alpha value is -4.20. The number of fused-ring (bicyclic) bond motifs is 1. The third-order valence-electron chi connectivity index (χ3n) is 12.2. The van der Waals surface area contributed by atoms with Gasteiger partial charge in [0.1, 0.15) is 35.6 Å². The molecule has 2 heterocycles. The Morgan fingerprint density at radius 3 is 2.44 bits per heavy atom. The van der Waals surface area contributed by atoms with E-state index in [9.17, 15) is 27.6 Å². The number of unbranched alkanes of at least 4 members (excludes halogenated alkanes) is 2. The average molecular weight is 778 g/mol. The molecule has 7 rings (SSSR count). The van der Waals surface area contributed by atoms with Crippen LogP contribution >= 0.6 is 0 Å². The number of aryl methyl sites for hydroxylation is 1. The lowest BCUT2D eigenvalue weighted by Gasteiger charge is -2.32. The molecule has 13 nitrogen and oxygen atoms in total. The van der Waals surface area contributed by atoms with Crippen molar-refractivity contribution in [2.24, 2.45) is 11.8 Å². The van der Waals surface area contributed by atoms with Gasteiger partial charge >= 0.3 is 6.09 Å². The maximum Gasteiger partial charge on any atom is 0.408 e. The van der Waals surface area contributed by atoms with Crippen LogP contribution in [0.4, 0.5) is 4.79 Å². The fourth-order valence-electron chi connectivity index (χ4n) is 8.70. The van der Waals surface area contributed by atoms with Gasteiger partial charge in [-0.2, -0.15) is 0 Å². The lowest BCUT2D eigenvalue weighted by Crippen LogP contribution is -2.59. The Morgan fingerprint density at radius 2 is 1.75 bits per heavy atom. The fourth-order valence-corrected chi connectivity index (χ4v) is 10.1. The van der Waals surface area contributed by atoms with E-state index < -0.39 is 68.7 Å². The Labute approximate surface area is 323 Å². The van der Waals surface area contributed by atoms with E-state index in [0.717, 1.165) is 87.2 Å². The zero-order chi connectivity index (χ0) is 38.7. The highest BCUT2D eigenvalue weighted by Crippen LogP contribution is 2.45. The molecule has 4 saturated carbocycles. The maximum atomic E-state index is 14.8. The molecule has 1 aromatic carbocycles. The normalized spacial score (nSPS) is 26.1. The van der Waals surface area contributed by atoms with Crippen molar-refractivity contribution in [1.82, 2.24) is 25.2 Å². The predicted octanol–water partition coefficient (Wildman–Crippen LogP) is 5.21. The van der Waals surface area contributed by atoms with E-state index in [1.807, 2.05) is 30.3 Å². The third kappa shape index (κ3) is 8.79. The molecule has 4 aliphatic carbocycles. The van der Waals surface area contributed by atoms with Crippen LogP contribution < -0.4 is 20.1 Å². The first-order valence-electron chi connectivity index (χ1n) is 20.3. The zero-order valence-corrected chi connectivity index (χ0v) is 32.6. The van der Waals surface area contributed by atoms with E-state index in [0.29, 0.717) is 25.0 Å². The molecule has 298 valence electrons. The summed E-state index contributed by atoms with van der Waals surface area (Å²) in [7, 11) is -3.88. The fraction of sp³-hybridized carbons (Fsp3) is 0.634. The smallest absolute Gasteiger partial charge is 0.408 e. The first-order chi connectivity index (χ1) is 26.5. The molecule has 5 aliphatic rings. The van der Waals surface area contributed by atoms with Crippen LogP contribution in [-0.4, -0.2) is 83.7 Å². The van der Waals surface area contributed by atoms with E-state index in [1.54, 1.807) is 0 Å². The summed E-state index contributed by atoms with van der Waals surface area (Å²) in [6, 6.07) is 7.78. The van der Waals surface area contributed by atoms with Crippen molar-refractivity contribution in [3.05, 3.63) is 48.7 Å². The minimum atomic E-state index is -3.88. The largest absolute Gasteiger partial charge is 0.487 e. The molecule has 2 aromatic rings. The number of nitrogens with zero attached hydrogens (tertiary/aromatic N) is 2. The van der Waals surface area contributed by atoms with Gasteiger partial charge in [-0.1, -0.05) is 56.9 Å². The highest BCUT2D eigenvalue weighted by molar-refractivity contribution is 7.91. The number of rotatable bonds is 16. The quantitative estimate of drug-likeness (QED) is 0.153. The molecule has 0 radical (unpaired) electrons. The topological polar surface area (TPSA) is 173 Å². The Kier molecular flexibility index (Phi) is 11.7. The van der Waals surface area contributed by atoms with E-state index >= 15 is 0 Å². The summed E-state index contributed by atoms with van der Waals surface area (Å²) < 4.78 is 40.2. The first-order valence-corrected chi connectivity index (χ1v) is 21.9. The van der Waals surface area contributed by atoms with Crippen LogP contribution in [0.3, 0.4) is 0 Å². The highest BCUT2D eigenvalue weighted by Gasteiger charge is 2.62. The Bertz CT molecular complexity index is 1890. The number of ether oxygens (including phenoxy) is 2. The molecule has 1 aliphatic heterocycles. The number of hydrogen-bond donors (Lipinski definition) is 3. The lowest BCUT2D eigenvalue weighted by molar-refractivity contribution is -0.142. The van der Waals surface area contributed by atoms with Gasteiger partial charge in [0.2, 0.25) is 21.8 Å². The zero-order valence-electron chi connectivity index (χ0n) is 31.8. The van der Waals surface area contributed by atoms with Crippen LogP contribution in [0, 0.1) is 11.8 Å². The van der Waals surface area contributed by atoms with E-state index in [1.165, 1.54) is 11.0 Å². The molecule has 0 unspecified atom stereocenters. The number of carbonyl (C=O) groups is 4. The van der Waals surface area contributed by atoms with Crippen molar-refractivity contribution >= 4 is 44.7 Å². The molecular formula is C41H55N5O8S. The summed E-state index contributed by atoms with van der Waals surface area (Å²) in [5.41, 5.74) is 0.139. The van der Waals surface area contributed by atoms with Crippen molar-refractivity contribution in [2.45, 2.75) is 145 Å². The number of aromatic nitrogens is 1.